The lowest BCUT2D eigenvalue weighted by atomic mass is 10.3. The van der Waals surface area contributed by atoms with E-state index in [4.69, 9.17) is 5.73 Å². The van der Waals surface area contributed by atoms with E-state index in [0.29, 0.717) is 13.1 Å². The molecule has 4 nitrogen and oxygen atoms in total. The third kappa shape index (κ3) is 1.80. The van der Waals surface area contributed by atoms with Crippen molar-refractivity contribution in [1.29, 1.82) is 0 Å². The van der Waals surface area contributed by atoms with Crippen molar-refractivity contribution in [2.75, 3.05) is 12.8 Å². The van der Waals surface area contributed by atoms with Crippen LogP contribution in [0.1, 0.15) is 0 Å². The van der Waals surface area contributed by atoms with E-state index in [-0.39, 0.29) is 5.69 Å². The second-order valence-electron chi connectivity index (χ2n) is 3.25. The maximum Gasteiger partial charge on any atom is 0.326 e. The van der Waals surface area contributed by atoms with Crippen LogP contribution < -0.4 is 11.4 Å². The number of thioether (sulfide) groups is 1. The van der Waals surface area contributed by atoms with Gasteiger partial charge in [0.2, 0.25) is 0 Å². The fourth-order valence-corrected chi connectivity index (χ4v) is 2.06. The molecular formula is C10H13N3OS. The van der Waals surface area contributed by atoms with Crippen LogP contribution in [-0.2, 0) is 6.54 Å². The molecule has 3 N–H and O–H groups in total. The Hall–Kier alpha value is -1.20. The molecule has 1 aromatic heterocycles. The molecule has 0 amide bonds. The molecule has 0 radical (unpaired) electrons. The Labute approximate surface area is 91.5 Å². The van der Waals surface area contributed by atoms with E-state index in [1.165, 1.54) is 0 Å². The SMILES string of the molecule is CSc1ccc2c(c1)[nH]c(=O)n2CCN. The smallest absolute Gasteiger partial charge is 0.326 e. The minimum absolute atomic E-state index is 0.0892. The lowest BCUT2D eigenvalue weighted by Gasteiger charge is -2.00. The summed E-state index contributed by atoms with van der Waals surface area (Å²) in [7, 11) is 0. The molecule has 0 unspecified atom stereocenters. The number of rotatable bonds is 3. The standard InChI is InChI=1S/C10H13N3OS/c1-15-7-2-3-9-8(6-7)12-10(14)13(9)5-4-11/h2-3,6H,4-5,11H2,1H3,(H,12,14). The summed E-state index contributed by atoms with van der Waals surface area (Å²) in [5, 5.41) is 0. The van der Waals surface area contributed by atoms with Gasteiger partial charge in [0, 0.05) is 18.0 Å². The number of hydrogen-bond donors (Lipinski definition) is 2. The van der Waals surface area contributed by atoms with Crippen LogP contribution in [0.25, 0.3) is 11.0 Å². The Morgan fingerprint density at radius 1 is 1.53 bits per heavy atom. The highest BCUT2D eigenvalue weighted by Gasteiger charge is 2.05. The van der Waals surface area contributed by atoms with Crippen LogP contribution >= 0.6 is 11.8 Å². The number of aromatic amines is 1. The highest BCUT2D eigenvalue weighted by atomic mass is 32.2. The van der Waals surface area contributed by atoms with Gasteiger partial charge in [-0.25, -0.2) is 4.79 Å². The second-order valence-corrected chi connectivity index (χ2v) is 4.13. The number of fused-ring (bicyclic) bond motifs is 1. The van der Waals surface area contributed by atoms with Crippen molar-refractivity contribution in [1.82, 2.24) is 9.55 Å². The molecule has 0 atom stereocenters. The minimum atomic E-state index is -0.0892. The zero-order valence-electron chi connectivity index (χ0n) is 8.49. The van der Waals surface area contributed by atoms with Crippen molar-refractivity contribution in [3.05, 3.63) is 28.7 Å². The number of nitrogens with one attached hydrogen (secondary N) is 1. The van der Waals surface area contributed by atoms with Gasteiger partial charge in [0.15, 0.2) is 0 Å². The highest BCUT2D eigenvalue weighted by Crippen LogP contribution is 2.19. The fourth-order valence-electron chi connectivity index (χ4n) is 1.62. The Bertz CT molecular complexity index is 529. The molecule has 80 valence electrons. The van der Waals surface area contributed by atoms with Gasteiger partial charge in [0.05, 0.1) is 11.0 Å². The molecule has 0 bridgehead atoms. The van der Waals surface area contributed by atoms with E-state index in [9.17, 15) is 4.79 Å². The number of imidazole rings is 1. The van der Waals surface area contributed by atoms with E-state index in [1.54, 1.807) is 16.3 Å². The molecule has 0 aliphatic heterocycles. The Morgan fingerprint density at radius 2 is 2.33 bits per heavy atom. The van der Waals surface area contributed by atoms with Crippen LogP contribution in [0.2, 0.25) is 0 Å². The summed E-state index contributed by atoms with van der Waals surface area (Å²) in [6, 6.07) is 5.94. The number of aromatic nitrogens is 2. The van der Waals surface area contributed by atoms with Gasteiger partial charge in [-0.15, -0.1) is 11.8 Å². The Morgan fingerprint density at radius 3 is 3.00 bits per heavy atom. The molecule has 1 aromatic carbocycles. The van der Waals surface area contributed by atoms with Gasteiger partial charge < -0.3 is 10.7 Å². The van der Waals surface area contributed by atoms with Crippen LogP contribution in [-0.4, -0.2) is 22.4 Å². The van der Waals surface area contributed by atoms with Crippen LogP contribution in [0.5, 0.6) is 0 Å². The average molecular weight is 223 g/mol. The molecule has 5 heteroatoms. The number of hydrogen-bond acceptors (Lipinski definition) is 3. The molecule has 15 heavy (non-hydrogen) atoms. The Kier molecular flexibility index (Phi) is 2.83. The van der Waals surface area contributed by atoms with E-state index >= 15 is 0 Å². The first-order valence-corrected chi connectivity index (χ1v) is 5.95. The van der Waals surface area contributed by atoms with Gasteiger partial charge >= 0.3 is 5.69 Å². The molecule has 0 aliphatic rings. The molecule has 1 heterocycles. The summed E-state index contributed by atoms with van der Waals surface area (Å²) >= 11 is 1.66. The van der Waals surface area contributed by atoms with Crippen molar-refractivity contribution in [2.45, 2.75) is 11.4 Å². The average Bonchev–Trinajstić information content (AvgIpc) is 2.55. The topological polar surface area (TPSA) is 63.8 Å². The molecule has 0 spiro atoms. The summed E-state index contributed by atoms with van der Waals surface area (Å²) in [6.07, 6.45) is 2.01. The van der Waals surface area contributed by atoms with Gasteiger partial charge in [-0.2, -0.15) is 0 Å². The molecule has 0 saturated heterocycles. The number of benzene rings is 1. The van der Waals surface area contributed by atoms with E-state index < -0.39 is 0 Å². The van der Waals surface area contributed by atoms with Gasteiger partial charge in [-0.3, -0.25) is 4.57 Å². The lowest BCUT2D eigenvalue weighted by molar-refractivity contribution is 0.703. The third-order valence-electron chi connectivity index (χ3n) is 2.33. The maximum absolute atomic E-state index is 11.6. The highest BCUT2D eigenvalue weighted by molar-refractivity contribution is 7.98. The number of H-pyrrole nitrogens is 1. The van der Waals surface area contributed by atoms with Gasteiger partial charge in [0.1, 0.15) is 0 Å². The normalized spacial score (nSPS) is 11.1. The Balaban J connectivity index is 2.63. The summed E-state index contributed by atoms with van der Waals surface area (Å²) in [4.78, 5) is 15.5. The number of nitrogens with zero attached hydrogens (tertiary/aromatic N) is 1. The summed E-state index contributed by atoms with van der Waals surface area (Å²) < 4.78 is 1.67. The molecule has 2 aromatic rings. The lowest BCUT2D eigenvalue weighted by Crippen LogP contribution is -2.21. The first-order chi connectivity index (χ1) is 7.26. The van der Waals surface area contributed by atoms with Crippen molar-refractivity contribution >= 4 is 22.8 Å². The van der Waals surface area contributed by atoms with Gasteiger partial charge in [-0.05, 0) is 24.5 Å². The van der Waals surface area contributed by atoms with Crippen LogP contribution in [0.4, 0.5) is 0 Å². The van der Waals surface area contributed by atoms with Gasteiger partial charge in [0.25, 0.3) is 0 Å². The van der Waals surface area contributed by atoms with Gasteiger partial charge in [-0.1, -0.05) is 0 Å². The minimum Gasteiger partial charge on any atom is -0.329 e. The van der Waals surface area contributed by atoms with E-state index in [1.807, 2.05) is 24.5 Å². The molecule has 0 aliphatic carbocycles. The molecule has 0 saturated carbocycles. The van der Waals surface area contributed by atoms with Crippen LogP contribution in [0.3, 0.4) is 0 Å². The molecular weight excluding hydrogens is 210 g/mol. The summed E-state index contributed by atoms with van der Waals surface area (Å²) in [5.41, 5.74) is 7.16. The monoisotopic (exact) mass is 223 g/mol. The summed E-state index contributed by atoms with van der Waals surface area (Å²) in [6.45, 7) is 1.02. The number of nitrogens with two attached hydrogens (primary N) is 1. The van der Waals surface area contributed by atoms with Crippen molar-refractivity contribution in [3.8, 4) is 0 Å². The zero-order valence-corrected chi connectivity index (χ0v) is 9.30. The third-order valence-corrected chi connectivity index (χ3v) is 3.06. The van der Waals surface area contributed by atoms with Crippen molar-refractivity contribution in [3.63, 3.8) is 0 Å². The predicted octanol–water partition coefficient (Wildman–Crippen LogP) is 1.01. The zero-order chi connectivity index (χ0) is 10.8. The summed E-state index contributed by atoms with van der Waals surface area (Å²) in [5.74, 6) is 0. The first kappa shape index (κ1) is 10.3. The van der Waals surface area contributed by atoms with Crippen LogP contribution in [0, 0.1) is 0 Å². The van der Waals surface area contributed by atoms with Crippen molar-refractivity contribution < 1.29 is 0 Å². The fraction of sp³-hybridized carbons (Fsp3) is 0.300. The quantitative estimate of drug-likeness (QED) is 0.763. The molecule has 2 rings (SSSR count). The predicted molar refractivity (Wildman–Crippen MR) is 63.4 cm³/mol. The largest absolute Gasteiger partial charge is 0.329 e. The molecule has 0 fully saturated rings. The van der Waals surface area contributed by atoms with Crippen LogP contribution in [0.15, 0.2) is 27.9 Å². The maximum atomic E-state index is 11.6. The van der Waals surface area contributed by atoms with Crippen molar-refractivity contribution in [2.24, 2.45) is 5.73 Å². The van der Waals surface area contributed by atoms with E-state index in [0.717, 1.165) is 15.9 Å². The first-order valence-electron chi connectivity index (χ1n) is 4.73. The second kappa shape index (κ2) is 4.12. The van der Waals surface area contributed by atoms with E-state index in [2.05, 4.69) is 4.98 Å².